The maximum absolute atomic E-state index is 13.8. The Morgan fingerprint density at radius 1 is 0.625 bits per heavy atom. The van der Waals surface area contributed by atoms with E-state index < -0.39 is 5.41 Å². The number of carbonyl (C=O) groups is 3. The zero-order valence-electron chi connectivity index (χ0n) is 22.7. The fourth-order valence-electron chi connectivity index (χ4n) is 6.62. The fourth-order valence-corrected chi connectivity index (χ4v) is 6.62. The van der Waals surface area contributed by atoms with Crippen LogP contribution in [-0.4, -0.2) is 17.8 Å². The van der Waals surface area contributed by atoms with Crippen LogP contribution in [-0.2, 0) is 19.8 Å². The van der Waals surface area contributed by atoms with Crippen molar-refractivity contribution in [1.29, 1.82) is 0 Å². The van der Waals surface area contributed by atoms with E-state index in [1.165, 1.54) is 12.8 Å². The van der Waals surface area contributed by atoms with Gasteiger partial charge in [0, 0.05) is 11.3 Å². The molecule has 206 valence electrons. The Kier molecular flexibility index (Phi) is 7.42. The minimum atomic E-state index is -1.10. The summed E-state index contributed by atoms with van der Waals surface area (Å²) in [5, 5.41) is 3.06. The number of hydrogen-bond acceptors (Lipinski definition) is 5. The quantitative estimate of drug-likeness (QED) is 0.272. The van der Waals surface area contributed by atoms with Crippen LogP contribution in [0.15, 0.2) is 72.8 Å². The summed E-state index contributed by atoms with van der Waals surface area (Å²) in [6.45, 7) is 0. The third-order valence-electron chi connectivity index (χ3n) is 8.81. The van der Waals surface area contributed by atoms with Crippen LogP contribution in [0.25, 0.3) is 0 Å². The molecule has 6 nitrogen and oxygen atoms in total. The smallest absolute Gasteiger partial charge is 0.314 e. The number of ether oxygens (including phenoxy) is 2. The van der Waals surface area contributed by atoms with E-state index in [0.717, 1.165) is 73.7 Å². The maximum Gasteiger partial charge on any atom is 0.314 e. The summed E-state index contributed by atoms with van der Waals surface area (Å²) in [6, 6.07) is 22.2. The van der Waals surface area contributed by atoms with Gasteiger partial charge in [0.25, 0.3) is 0 Å². The molecule has 3 aromatic rings. The molecular formula is C34H35NO5. The number of para-hydroxylation sites is 1. The van der Waals surface area contributed by atoms with Crippen molar-refractivity contribution in [2.45, 2.75) is 69.6 Å². The van der Waals surface area contributed by atoms with E-state index in [0.29, 0.717) is 11.5 Å². The van der Waals surface area contributed by atoms with E-state index in [2.05, 4.69) is 5.32 Å². The minimum absolute atomic E-state index is 0.0435. The normalized spacial score (nSPS) is 18.9. The summed E-state index contributed by atoms with van der Waals surface area (Å²) in [6.07, 6.45) is 10.1. The van der Waals surface area contributed by atoms with Crippen molar-refractivity contribution in [2.75, 3.05) is 5.32 Å². The van der Waals surface area contributed by atoms with E-state index in [1.54, 1.807) is 24.3 Å². The number of carbonyl (C=O) groups excluding carboxylic acids is 3. The van der Waals surface area contributed by atoms with E-state index in [4.69, 9.17) is 9.47 Å². The Hall–Kier alpha value is -3.93. The van der Waals surface area contributed by atoms with Gasteiger partial charge in [-0.3, -0.25) is 14.4 Å². The number of hydrogen-bond donors (Lipinski definition) is 1. The van der Waals surface area contributed by atoms with Crippen molar-refractivity contribution in [2.24, 2.45) is 11.8 Å². The van der Waals surface area contributed by atoms with Gasteiger partial charge in [-0.25, -0.2) is 0 Å². The number of benzene rings is 3. The van der Waals surface area contributed by atoms with Crippen LogP contribution in [0.5, 0.6) is 11.5 Å². The lowest BCUT2D eigenvalue weighted by atomic mass is 9.70. The zero-order chi connectivity index (χ0) is 27.5. The van der Waals surface area contributed by atoms with Crippen LogP contribution in [0, 0.1) is 11.8 Å². The molecular weight excluding hydrogens is 502 g/mol. The molecule has 0 bridgehead atoms. The van der Waals surface area contributed by atoms with Crippen LogP contribution in [0.2, 0.25) is 0 Å². The highest BCUT2D eigenvalue weighted by Gasteiger charge is 2.49. The van der Waals surface area contributed by atoms with E-state index in [-0.39, 0.29) is 29.7 Å². The summed E-state index contributed by atoms with van der Waals surface area (Å²) in [7, 11) is 0. The number of amides is 1. The van der Waals surface area contributed by atoms with Gasteiger partial charge in [0.05, 0.1) is 11.8 Å². The topological polar surface area (TPSA) is 81.7 Å². The van der Waals surface area contributed by atoms with Crippen LogP contribution in [0.4, 0.5) is 5.69 Å². The second-order valence-electron chi connectivity index (χ2n) is 11.3. The fraction of sp³-hybridized carbons (Fsp3) is 0.382. The monoisotopic (exact) mass is 537 g/mol. The molecule has 0 aromatic heterocycles. The van der Waals surface area contributed by atoms with Gasteiger partial charge in [0.15, 0.2) is 0 Å². The van der Waals surface area contributed by atoms with Gasteiger partial charge < -0.3 is 14.8 Å². The first-order chi connectivity index (χ1) is 19.6. The maximum atomic E-state index is 13.8. The van der Waals surface area contributed by atoms with Gasteiger partial charge in [0.2, 0.25) is 5.91 Å². The molecule has 0 spiro atoms. The Balaban J connectivity index is 1.29. The third-order valence-corrected chi connectivity index (χ3v) is 8.81. The molecule has 2 aliphatic carbocycles. The Labute approximate surface area is 235 Å². The number of nitrogens with one attached hydrogen (secondary N) is 1. The van der Waals surface area contributed by atoms with Gasteiger partial charge in [-0.05, 0) is 67.1 Å². The molecule has 0 radical (unpaired) electrons. The third kappa shape index (κ3) is 4.91. The molecule has 1 heterocycles. The average molecular weight is 538 g/mol. The number of esters is 2. The highest BCUT2D eigenvalue weighted by atomic mass is 16.5. The molecule has 1 amide bonds. The predicted molar refractivity (Wildman–Crippen MR) is 152 cm³/mol. The molecule has 3 aromatic carbocycles. The van der Waals surface area contributed by atoms with Crippen molar-refractivity contribution in [1.82, 2.24) is 0 Å². The standard InChI is InChI=1S/C34H35NO5/c36-31(23-9-3-1-4-10-23)39-27-19-15-25(16-20-27)34(29-13-7-8-14-30(29)35-33(34)38)26-17-21-28(22-18-26)40-32(37)24-11-5-2-6-12-24/h7-8,13-24H,1-6,9-12H2,(H,35,38). The van der Waals surface area contributed by atoms with Gasteiger partial charge in [-0.1, -0.05) is 81.0 Å². The molecule has 40 heavy (non-hydrogen) atoms. The van der Waals surface area contributed by atoms with Crippen molar-refractivity contribution in [3.8, 4) is 11.5 Å². The summed E-state index contributed by atoms with van der Waals surface area (Å²) in [5.74, 6) is 0.356. The first-order valence-electron chi connectivity index (χ1n) is 14.6. The lowest BCUT2D eigenvalue weighted by Gasteiger charge is -2.29. The highest BCUT2D eigenvalue weighted by molar-refractivity contribution is 6.11. The van der Waals surface area contributed by atoms with Crippen LogP contribution in [0.1, 0.15) is 80.9 Å². The molecule has 6 heteroatoms. The summed E-state index contributed by atoms with van der Waals surface area (Å²) in [5.41, 5.74) is 2.03. The Morgan fingerprint density at radius 3 is 1.55 bits per heavy atom. The molecule has 2 saturated carbocycles. The molecule has 1 N–H and O–H groups in total. The Morgan fingerprint density at radius 2 is 1.07 bits per heavy atom. The van der Waals surface area contributed by atoms with Crippen molar-refractivity contribution in [3.05, 3.63) is 89.5 Å². The SMILES string of the molecule is O=C(Oc1ccc(C2(c3ccc(OC(=O)C4CCCCC4)cc3)C(=O)Nc3ccccc32)cc1)C1CCCCC1. The van der Waals surface area contributed by atoms with Crippen molar-refractivity contribution in [3.63, 3.8) is 0 Å². The first-order valence-corrected chi connectivity index (χ1v) is 14.6. The first kappa shape index (κ1) is 26.3. The Bertz CT molecular complexity index is 1310. The molecule has 1 aliphatic heterocycles. The number of rotatable bonds is 6. The summed E-state index contributed by atoms with van der Waals surface area (Å²) < 4.78 is 11.4. The zero-order valence-corrected chi connectivity index (χ0v) is 22.7. The number of anilines is 1. The van der Waals surface area contributed by atoms with E-state index in [9.17, 15) is 14.4 Å². The van der Waals surface area contributed by atoms with E-state index >= 15 is 0 Å². The van der Waals surface area contributed by atoms with Gasteiger partial charge in [0.1, 0.15) is 16.9 Å². The molecule has 0 saturated heterocycles. The van der Waals surface area contributed by atoms with Crippen LogP contribution < -0.4 is 14.8 Å². The van der Waals surface area contributed by atoms with Gasteiger partial charge in [-0.15, -0.1) is 0 Å². The van der Waals surface area contributed by atoms with Gasteiger partial charge in [-0.2, -0.15) is 0 Å². The predicted octanol–water partition coefficient (Wildman–Crippen LogP) is 6.94. The van der Waals surface area contributed by atoms with Gasteiger partial charge >= 0.3 is 11.9 Å². The molecule has 2 fully saturated rings. The number of fused-ring (bicyclic) bond motifs is 1. The van der Waals surface area contributed by atoms with E-state index in [1.807, 2.05) is 48.5 Å². The molecule has 6 rings (SSSR count). The molecule has 3 aliphatic rings. The van der Waals surface area contributed by atoms with Crippen molar-refractivity contribution < 1.29 is 23.9 Å². The van der Waals surface area contributed by atoms with Crippen LogP contribution >= 0.6 is 0 Å². The summed E-state index contributed by atoms with van der Waals surface area (Å²) in [4.78, 5) is 39.2. The summed E-state index contributed by atoms with van der Waals surface area (Å²) >= 11 is 0. The second kappa shape index (κ2) is 11.3. The highest BCUT2D eigenvalue weighted by Crippen LogP contribution is 2.48. The minimum Gasteiger partial charge on any atom is -0.426 e. The average Bonchev–Trinajstić information content (AvgIpc) is 3.31. The lowest BCUT2D eigenvalue weighted by molar-refractivity contribution is -0.140. The van der Waals surface area contributed by atoms with Crippen molar-refractivity contribution >= 4 is 23.5 Å². The lowest BCUT2D eigenvalue weighted by Crippen LogP contribution is -2.37. The molecule has 0 unspecified atom stereocenters. The molecule has 0 atom stereocenters. The van der Waals surface area contributed by atoms with Crippen LogP contribution in [0.3, 0.4) is 0 Å². The second-order valence-corrected chi connectivity index (χ2v) is 11.3. The largest absolute Gasteiger partial charge is 0.426 e.